The van der Waals surface area contributed by atoms with Gasteiger partial charge in [-0.25, -0.2) is 0 Å². The van der Waals surface area contributed by atoms with Crippen LogP contribution in [0.1, 0.15) is 16.1 Å². The van der Waals surface area contributed by atoms with E-state index in [2.05, 4.69) is 26.3 Å². The van der Waals surface area contributed by atoms with E-state index >= 15 is 0 Å². The van der Waals surface area contributed by atoms with Crippen LogP contribution in [0, 0.1) is 6.92 Å². The van der Waals surface area contributed by atoms with Gasteiger partial charge in [0.15, 0.2) is 0 Å². The Labute approximate surface area is 118 Å². The molecule has 0 bridgehead atoms. The van der Waals surface area contributed by atoms with Gasteiger partial charge < -0.3 is 5.32 Å². The fourth-order valence-electron chi connectivity index (χ4n) is 1.49. The average Bonchev–Trinajstić information content (AvgIpc) is 2.65. The van der Waals surface area contributed by atoms with E-state index in [4.69, 9.17) is 11.6 Å². The van der Waals surface area contributed by atoms with Gasteiger partial charge in [0.05, 0.1) is 16.8 Å². The zero-order valence-corrected chi connectivity index (χ0v) is 12.2. The van der Waals surface area contributed by atoms with Crippen LogP contribution in [0.25, 0.3) is 0 Å². The lowest BCUT2D eigenvalue weighted by Crippen LogP contribution is -2.12. The van der Waals surface area contributed by atoms with Crippen molar-refractivity contribution in [2.45, 2.75) is 6.92 Å². The van der Waals surface area contributed by atoms with Crippen molar-refractivity contribution in [1.29, 1.82) is 0 Å². The number of amides is 1. The molecule has 1 N–H and O–H groups in total. The number of benzene rings is 1. The van der Waals surface area contributed by atoms with Crippen molar-refractivity contribution >= 4 is 39.1 Å². The molecule has 1 heterocycles. The number of nitrogens with one attached hydrogen (secondary N) is 1. The summed E-state index contributed by atoms with van der Waals surface area (Å²) in [5.74, 6) is -0.185. The maximum absolute atomic E-state index is 12.0. The molecule has 6 heteroatoms. The van der Waals surface area contributed by atoms with Crippen LogP contribution in [-0.4, -0.2) is 15.7 Å². The molecule has 0 aliphatic heterocycles. The minimum atomic E-state index is -0.185. The first-order valence-corrected chi connectivity index (χ1v) is 6.41. The van der Waals surface area contributed by atoms with Crippen molar-refractivity contribution in [2.24, 2.45) is 7.05 Å². The largest absolute Gasteiger partial charge is 0.322 e. The second-order valence-corrected chi connectivity index (χ2v) is 5.11. The van der Waals surface area contributed by atoms with Crippen molar-refractivity contribution < 1.29 is 4.79 Å². The summed E-state index contributed by atoms with van der Waals surface area (Å²) >= 11 is 9.20. The van der Waals surface area contributed by atoms with E-state index in [0.717, 1.165) is 10.2 Å². The molecule has 0 spiro atoms. The predicted octanol–water partition coefficient (Wildman–Crippen LogP) is 3.40. The summed E-state index contributed by atoms with van der Waals surface area (Å²) in [6.45, 7) is 1.85. The summed E-state index contributed by atoms with van der Waals surface area (Å²) in [5.41, 5.74) is 2.06. The Morgan fingerprint density at radius 2 is 2.22 bits per heavy atom. The van der Waals surface area contributed by atoms with Gasteiger partial charge in [0.2, 0.25) is 0 Å². The molecule has 4 nitrogen and oxygen atoms in total. The van der Waals surface area contributed by atoms with E-state index in [9.17, 15) is 4.79 Å². The lowest BCUT2D eigenvalue weighted by Gasteiger charge is -2.06. The maximum atomic E-state index is 12.0. The number of aromatic nitrogens is 2. The SMILES string of the molecule is Cc1c(C(=O)Nc2ccc(Cl)c(Br)c2)cnn1C. The van der Waals surface area contributed by atoms with Gasteiger partial charge in [-0.2, -0.15) is 5.10 Å². The van der Waals surface area contributed by atoms with Crippen LogP contribution < -0.4 is 5.32 Å². The third-order valence-electron chi connectivity index (χ3n) is 2.66. The van der Waals surface area contributed by atoms with Gasteiger partial charge in [-0.1, -0.05) is 11.6 Å². The smallest absolute Gasteiger partial charge is 0.259 e. The summed E-state index contributed by atoms with van der Waals surface area (Å²) in [5, 5.41) is 7.44. The Bertz CT molecular complexity index is 609. The van der Waals surface area contributed by atoms with E-state index in [1.54, 1.807) is 36.1 Å². The standard InChI is InChI=1S/C12H11BrClN3O/c1-7-9(6-15-17(7)2)12(18)16-8-3-4-11(14)10(13)5-8/h3-6H,1-2H3,(H,16,18). The van der Waals surface area contributed by atoms with E-state index in [1.165, 1.54) is 0 Å². The number of nitrogens with zero attached hydrogens (tertiary/aromatic N) is 2. The van der Waals surface area contributed by atoms with Crippen LogP contribution in [0.15, 0.2) is 28.9 Å². The summed E-state index contributed by atoms with van der Waals surface area (Å²) in [6.07, 6.45) is 1.55. The van der Waals surface area contributed by atoms with Gasteiger partial charge in [-0.3, -0.25) is 9.48 Å². The van der Waals surface area contributed by atoms with Gasteiger partial charge in [-0.15, -0.1) is 0 Å². The lowest BCUT2D eigenvalue weighted by molar-refractivity contribution is 0.102. The number of rotatable bonds is 2. The molecule has 18 heavy (non-hydrogen) atoms. The molecule has 0 atom stereocenters. The highest BCUT2D eigenvalue weighted by Gasteiger charge is 2.13. The molecule has 0 saturated heterocycles. The zero-order chi connectivity index (χ0) is 13.3. The van der Waals surface area contributed by atoms with Crippen LogP contribution >= 0.6 is 27.5 Å². The maximum Gasteiger partial charge on any atom is 0.259 e. The Morgan fingerprint density at radius 3 is 2.78 bits per heavy atom. The number of hydrogen-bond donors (Lipinski definition) is 1. The normalized spacial score (nSPS) is 10.4. The molecule has 0 aliphatic rings. The van der Waals surface area contributed by atoms with Crippen molar-refractivity contribution in [3.05, 3.63) is 45.1 Å². The molecule has 0 fully saturated rings. The molecule has 1 amide bonds. The van der Waals surface area contributed by atoms with E-state index in [1.807, 2.05) is 6.92 Å². The van der Waals surface area contributed by atoms with Crippen LogP contribution in [0.4, 0.5) is 5.69 Å². The predicted molar refractivity (Wildman–Crippen MR) is 75.1 cm³/mol. The molecule has 2 rings (SSSR count). The van der Waals surface area contributed by atoms with Crippen molar-refractivity contribution in [2.75, 3.05) is 5.32 Å². The molecule has 0 saturated carbocycles. The number of anilines is 1. The van der Waals surface area contributed by atoms with Gasteiger partial charge in [-0.05, 0) is 41.1 Å². The Kier molecular flexibility index (Phi) is 3.73. The average molecular weight is 329 g/mol. The summed E-state index contributed by atoms with van der Waals surface area (Å²) in [4.78, 5) is 12.0. The second-order valence-electron chi connectivity index (χ2n) is 3.85. The Balaban J connectivity index is 2.21. The van der Waals surface area contributed by atoms with Gasteiger partial charge in [0.1, 0.15) is 0 Å². The number of halogens is 2. The fourth-order valence-corrected chi connectivity index (χ4v) is 1.99. The molecule has 1 aromatic heterocycles. The molecule has 2 aromatic rings. The molecule has 94 valence electrons. The van der Waals surface area contributed by atoms with Crippen LogP contribution in [-0.2, 0) is 7.05 Å². The molecular formula is C12H11BrClN3O. The summed E-state index contributed by atoms with van der Waals surface area (Å²) in [6, 6.07) is 5.22. The zero-order valence-electron chi connectivity index (χ0n) is 9.87. The minimum Gasteiger partial charge on any atom is -0.322 e. The van der Waals surface area contributed by atoms with E-state index in [0.29, 0.717) is 16.3 Å². The van der Waals surface area contributed by atoms with E-state index in [-0.39, 0.29) is 5.91 Å². The molecule has 0 unspecified atom stereocenters. The molecular weight excluding hydrogens is 318 g/mol. The number of carbonyl (C=O) groups is 1. The molecule has 0 aliphatic carbocycles. The highest BCUT2D eigenvalue weighted by molar-refractivity contribution is 9.10. The number of aryl methyl sites for hydroxylation is 1. The third-order valence-corrected chi connectivity index (χ3v) is 3.87. The van der Waals surface area contributed by atoms with Crippen molar-refractivity contribution in [3.8, 4) is 0 Å². The quantitative estimate of drug-likeness (QED) is 0.918. The van der Waals surface area contributed by atoms with Crippen molar-refractivity contribution in [1.82, 2.24) is 9.78 Å². The Morgan fingerprint density at radius 1 is 1.50 bits per heavy atom. The number of carbonyl (C=O) groups excluding carboxylic acids is 1. The summed E-state index contributed by atoms with van der Waals surface area (Å²) < 4.78 is 2.40. The van der Waals surface area contributed by atoms with Gasteiger partial charge in [0, 0.05) is 22.9 Å². The van der Waals surface area contributed by atoms with Gasteiger partial charge in [0.25, 0.3) is 5.91 Å². The van der Waals surface area contributed by atoms with Crippen molar-refractivity contribution in [3.63, 3.8) is 0 Å². The highest BCUT2D eigenvalue weighted by atomic mass is 79.9. The van der Waals surface area contributed by atoms with Crippen LogP contribution in [0.2, 0.25) is 5.02 Å². The third kappa shape index (κ3) is 2.57. The first kappa shape index (κ1) is 13.1. The minimum absolute atomic E-state index is 0.185. The first-order valence-electron chi connectivity index (χ1n) is 5.24. The highest BCUT2D eigenvalue weighted by Crippen LogP contribution is 2.25. The summed E-state index contributed by atoms with van der Waals surface area (Å²) in [7, 11) is 1.80. The number of hydrogen-bond acceptors (Lipinski definition) is 2. The van der Waals surface area contributed by atoms with Crippen LogP contribution in [0.3, 0.4) is 0 Å². The molecule has 0 radical (unpaired) electrons. The monoisotopic (exact) mass is 327 g/mol. The lowest BCUT2D eigenvalue weighted by atomic mass is 10.2. The molecule has 1 aromatic carbocycles. The topological polar surface area (TPSA) is 46.9 Å². The Hall–Kier alpha value is -1.33. The van der Waals surface area contributed by atoms with E-state index < -0.39 is 0 Å². The van der Waals surface area contributed by atoms with Crippen LogP contribution in [0.5, 0.6) is 0 Å². The fraction of sp³-hybridized carbons (Fsp3) is 0.167. The second kappa shape index (κ2) is 5.12. The first-order chi connectivity index (χ1) is 8.49. The van der Waals surface area contributed by atoms with Gasteiger partial charge >= 0.3 is 0 Å².